The smallest absolute Gasteiger partial charge is 0.255 e. The first-order chi connectivity index (χ1) is 14.5. The molecule has 2 aromatic rings. The summed E-state index contributed by atoms with van der Waals surface area (Å²) in [5.41, 5.74) is 9.21. The van der Waals surface area contributed by atoms with Crippen molar-refractivity contribution in [3.05, 3.63) is 76.4 Å². The first kappa shape index (κ1) is 20.6. The van der Waals surface area contributed by atoms with E-state index in [1.54, 1.807) is 0 Å². The van der Waals surface area contributed by atoms with Crippen molar-refractivity contribution in [2.45, 2.75) is 26.7 Å². The van der Waals surface area contributed by atoms with E-state index in [-0.39, 0.29) is 5.91 Å². The highest BCUT2D eigenvalue weighted by Gasteiger charge is 2.15. The molecule has 0 radical (unpaired) electrons. The zero-order valence-electron chi connectivity index (χ0n) is 18.2. The molecule has 2 aliphatic heterocycles. The molecule has 4 nitrogen and oxygen atoms in total. The monoisotopic (exact) mass is 401 g/mol. The van der Waals surface area contributed by atoms with E-state index in [4.69, 9.17) is 0 Å². The lowest BCUT2D eigenvalue weighted by molar-refractivity contribution is 0.102. The van der Waals surface area contributed by atoms with E-state index >= 15 is 0 Å². The fraction of sp³-hybridized carbons (Fsp3) is 0.346. The van der Waals surface area contributed by atoms with E-state index in [1.807, 2.05) is 18.2 Å². The second kappa shape index (κ2) is 8.99. The molecule has 0 atom stereocenters. The highest BCUT2D eigenvalue weighted by atomic mass is 16.1. The number of hydrogen-bond donors (Lipinski definition) is 2. The average Bonchev–Trinajstić information content (AvgIpc) is 2.75. The molecular weight excluding hydrogens is 370 g/mol. The molecule has 4 heteroatoms. The van der Waals surface area contributed by atoms with Crippen molar-refractivity contribution in [1.29, 1.82) is 0 Å². The number of benzene rings is 2. The van der Waals surface area contributed by atoms with E-state index < -0.39 is 0 Å². The Balaban J connectivity index is 1.48. The van der Waals surface area contributed by atoms with Crippen LogP contribution in [-0.4, -0.2) is 44.0 Å². The van der Waals surface area contributed by atoms with E-state index in [9.17, 15) is 4.79 Å². The molecule has 2 heterocycles. The second-order valence-electron chi connectivity index (χ2n) is 8.44. The van der Waals surface area contributed by atoms with E-state index in [0.29, 0.717) is 5.56 Å². The fourth-order valence-electron chi connectivity index (χ4n) is 4.35. The molecule has 0 spiro atoms. The van der Waals surface area contributed by atoms with Crippen LogP contribution >= 0.6 is 0 Å². The van der Waals surface area contributed by atoms with Gasteiger partial charge in [-0.3, -0.25) is 4.79 Å². The number of aryl methyl sites for hydroxylation is 2. The van der Waals surface area contributed by atoms with Crippen molar-refractivity contribution in [2.24, 2.45) is 0 Å². The Morgan fingerprint density at radius 2 is 1.70 bits per heavy atom. The number of carbonyl (C=O) groups is 1. The van der Waals surface area contributed by atoms with Gasteiger partial charge < -0.3 is 15.5 Å². The molecule has 0 aliphatic carbocycles. The van der Waals surface area contributed by atoms with Crippen molar-refractivity contribution in [1.82, 2.24) is 10.2 Å². The van der Waals surface area contributed by atoms with Gasteiger partial charge in [0.1, 0.15) is 0 Å². The molecule has 0 bridgehead atoms. The number of nitrogens with zero attached hydrogens (tertiary/aromatic N) is 1. The third kappa shape index (κ3) is 4.55. The SMILES string of the molecule is Cc1cc(NC(=O)c2ccc(C3=CCN(C)CC3)c(C)c2)ccc1C1=CCNCC1. The Labute approximate surface area is 179 Å². The lowest BCUT2D eigenvalue weighted by atomic mass is 9.94. The Bertz CT molecular complexity index is 1020. The molecule has 0 saturated carbocycles. The molecule has 1 amide bonds. The second-order valence-corrected chi connectivity index (χ2v) is 8.44. The molecule has 30 heavy (non-hydrogen) atoms. The minimum Gasteiger partial charge on any atom is -0.322 e. The van der Waals surface area contributed by atoms with Crippen LogP contribution in [0, 0.1) is 13.8 Å². The van der Waals surface area contributed by atoms with Crippen LogP contribution < -0.4 is 10.6 Å². The van der Waals surface area contributed by atoms with Crippen LogP contribution in [-0.2, 0) is 0 Å². The first-order valence-electron chi connectivity index (χ1n) is 10.8. The maximum Gasteiger partial charge on any atom is 0.255 e. The summed E-state index contributed by atoms with van der Waals surface area (Å²) >= 11 is 0. The van der Waals surface area contributed by atoms with Crippen molar-refractivity contribution in [3.63, 3.8) is 0 Å². The molecule has 4 rings (SSSR count). The molecule has 0 aromatic heterocycles. The van der Waals surface area contributed by atoms with Crippen molar-refractivity contribution < 1.29 is 4.79 Å². The van der Waals surface area contributed by atoms with E-state index in [0.717, 1.165) is 50.3 Å². The largest absolute Gasteiger partial charge is 0.322 e. The van der Waals surface area contributed by atoms with Crippen LogP contribution in [0.2, 0.25) is 0 Å². The quantitative estimate of drug-likeness (QED) is 0.784. The lowest BCUT2D eigenvalue weighted by Crippen LogP contribution is -2.23. The van der Waals surface area contributed by atoms with Crippen molar-refractivity contribution in [2.75, 3.05) is 38.5 Å². The van der Waals surface area contributed by atoms with Gasteiger partial charge in [-0.25, -0.2) is 0 Å². The topological polar surface area (TPSA) is 44.4 Å². The van der Waals surface area contributed by atoms with Crippen LogP contribution in [0.25, 0.3) is 11.1 Å². The molecule has 2 aliphatic rings. The summed E-state index contributed by atoms with van der Waals surface area (Å²) in [6.45, 7) is 8.22. The third-order valence-electron chi connectivity index (χ3n) is 6.14. The summed E-state index contributed by atoms with van der Waals surface area (Å²) in [6.07, 6.45) is 6.66. The van der Waals surface area contributed by atoms with Gasteiger partial charge in [0, 0.05) is 30.9 Å². The molecular formula is C26H31N3O. The maximum absolute atomic E-state index is 12.8. The zero-order chi connectivity index (χ0) is 21.1. The van der Waals surface area contributed by atoms with Crippen LogP contribution in [0.3, 0.4) is 0 Å². The van der Waals surface area contributed by atoms with Gasteiger partial charge in [-0.2, -0.15) is 0 Å². The Morgan fingerprint density at radius 1 is 0.967 bits per heavy atom. The van der Waals surface area contributed by atoms with Gasteiger partial charge in [0.2, 0.25) is 0 Å². The highest BCUT2D eigenvalue weighted by molar-refractivity contribution is 6.04. The van der Waals surface area contributed by atoms with Crippen LogP contribution in [0.1, 0.15) is 45.5 Å². The molecule has 2 aromatic carbocycles. The first-order valence-corrected chi connectivity index (χ1v) is 10.8. The number of anilines is 1. The number of likely N-dealkylation sites (N-methyl/N-ethyl adjacent to an activating group) is 1. The van der Waals surface area contributed by atoms with Gasteiger partial charge >= 0.3 is 0 Å². The minimum atomic E-state index is -0.0600. The summed E-state index contributed by atoms with van der Waals surface area (Å²) in [5, 5.41) is 6.42. The summed E-state index contributed by atoms with van der Waals surface area (Å²) in [4.78, 5) is 15.2. The number of carbonyl (C=O) groups excluding carboxylic acids is 1. The van der Waals surface area contributed by atoms with Crippen molar-refractivity contribution >= 4 is 22.7 Å². The molecule has 2 N–H and O–H groups in total. The predicted molar refractivity (Wildman–Crippen MR) is 126 cm³/mol. The normalized spacial score (nSPS) is 17.3. The number of amides is 1. The maximum atomic E-state index is 12.8. The summed E-state index contributed by atoms with van der Waals surface area (Å²) in [7, 11) is 2.14. The standard InChI is InChI=1S/C26H31N3O/c1-18-16-22(4-6-24(18)21-10-14-29(3)15-11-21)26(30)28-23-5-7-25(19(2)17-23)20-8-12-27-13-9-20/h4-8,10,16-17,27H,9,11-15H2,1-3H3,(H,28,30). The Hall–Kier alpha value is -2.69. The number of hydrogen-bond acceptors (Lipinski definition) is 3. The fourth-order valence-corrected chi connectivity index (χ4v) is 4.35. The molecule has 0 saturated heterocycles. The number of rotatable bonds is 4. The summed E-state index contributed by atoms with van der Waals surface area (Å²) < 4.78 is 0. The van der Waals surface area contributed by atoms with Crippen LogP contribution in [0.15, 0.2) is 48.6 Å². The molecule has 0 fully saturated rings. The van der Waals surface area contributed by atoms with Crippen LogP contribution in [0.4, 0.5) is 5.69 Å². The van der Waals surface area contributed by atoms with Gasteiger partial charge in [-0.05, 0) is 97.9 Å². The van der Waals surface area contributed by atoms with Crippen LogP contribution in [0.5, 0.6) is 0 Å². The average molecular weight is 402 g/mol. The van der Waals surface area contributed by atoms with E-state index in [1.165, 1.54) is 27.8 Å². The minimum absolute atomic E-state index is 0.0600. The van der Waals surface area contributed by atoms with Gasteiger partial charge in [-0.1, -0.05) is 24.3 Å². The van der Waals surface area contributed by atoms with Gasteiger partial charge in [-0.15, -0.1) is 0 Å². The third-order valence-corrected chi connectivity index (χ3v) is 6.14. The van der Waals surface area contributed by atoms with E-state index in [2.05, 4.69) is 66.8 Å². The molecule has 0 unspecified atom stereocenters. The van der Waals surface area contributed by atoms with Gasteiger partial charge in [0.25, 0.3) is 5.91 Å². The Kier molecular flexibility index (Phi) is 6.16. The van der Waals surface area contributed by atoms with Gasteiger partial charge in [0.15, 0.2) is 0 Å². The van der Waals surface area contributed by atoms with Crippen molar-refractivity contribution in [3.8, 4) is 0 Å². The number of nitrogens with one attached hydrogen (secondary N) is 2. The zero-order valence-corrected chi connectivity index (χ0v) is 18.2. The highest BCUT2D eigenvalue weighted by Crippen LogP contribution is 2.27. The lowest BCUT2D eigenvalue weighted by Gasteiger charge is -2.23. The summed E-state index contributed by atoms with van der Waals surface area (Å²) in [6, 6.07) is 12.2. The predicted octanol–water partition coefficient (Wildman–Crippen LogP) is 4.65. The van der Waals surface area contributed by atoms with Gasteiger partial charge in [0.05, 0.1) is 0 Å². The Morgan fingerprint density at radius 3 is 2.33 bits per heavy atom. The molecule has 156 valence electrons. The summed E-state index contributed by atoms with van der Waals surface area (Å²) in [5.74, 6) is -0.0600.